The van der Waals surface area contributed by atoms with Gasteiger partial charge in [0.05, 0.1) is 11.2 Å². The monoisotopic (exact) mass is 296 g/mol. The highest BCUT2D eigenvalue weighted by Crippen LogP contribution is 2.30. The number of amides is 1. The number of carbonyl (C=O) groups excluding carboxylic acids is 1. The second-order valence-corrected chi connectivity index (χ2v) is 3.62. The van der Waals surface area contributed by atoms with Crippen molar-refractivity contribution in [2.75, 3.05) is 6.61 Å². The first-order valence-corrected chi connectivity index (χ1v) is 5.14. The summed E-state index contributed by atoms with van der Waals surface area (Å²) >= 11 is 5.60. The Kier molecular flexibility index (Phi) is 4.99. The van der Waals surface area contributed by atoms with Crippen molar-refractivity contribution in [3.05, 3.63) is 28.8 Å². The molecule has 0 saturated heterocycles. The predicted octanol–water partition coefficient (Wildman–Crippen LogP) is 2.07. The number of nitrogens with two attached hydrogens (primary N) is 1. The lowest BCUT2D eigenvalue weighted by molar-refractivity contribution is -0.274. The van der Waals surface area contributed by atoms with Crippen molar-refractivity contribution in [2.24, 2.45) is 10.9 Å². The molecule has 9 heteroatoms. The van der Waals surface area contributed by atoms with Crippen LogP contribution in [0.25, 0.3) is 0 Å². The van der Waals surface area contributed by atoms with E-state index < -0.39 is 24.6 Å². The Morgan fingerprint density at radius 3 is 2.68 bits per heavy atom. The van der Waals surface area contributed by atoms with Gasteiger partial charge in [0.15, 0.2) is 6.61 Å². The van der Waals surface area contributed by atoms with Crippen molar-refractivity contribution in [1.29, 1.82) is 0 Å². The zero-order valence-electron chi connectivity index (χ0n) is 9.28. The molecule has 1 aromatic rings. The van der Waals surface area contributed by atoms with Crippen LogP contribution < -0.4 is 10.5 Å². The SMILES string of the molecule is NC(=O)CO/N=C/c1ccc(OC(F)(F)F)c(Cl)c1. The van der Waals surface area contributed by atoms with E-state index in [1.54, 1.807) is 0 Å². The van der Waals surface area contributed by atoms with Gasteiger partial charge in [0.1, 0.15) is 5.75 Å². The maximum atomic E-state index is 12.0. The lowest BCUT2D eigenvalue weighted by Crippen LogP contribution is -2.17. The third-order valence-electron chi connectivity index (χ3n) is 1.66. The first kappa shape index (κ1) is 15.1. The Bertz CT molecular complexity index is 491. The number of halogens is 4. The molecule has 104 valence electrons. The van der Waals surface area contributed by atoms with Gasteiger partial charge in [-0.15, -0.1) is 13.2 Å². The van der Waals surface area contributed by atoms with E-state index in [0.29, 0.717) is 5.56 Å². The van der Waals surface area contributed by atoms with Gasteiger partial charge in [0, 0.05) is 0 Å². The van der Waals surface area contributed by atoms with Crippen LogP contribution in [0.1, 0.15) is 5.56 Å². The van der Waals surface area contributed by atoms with Crippen molar-refractivity contribution in [1.82, 2.24) is 0 Å². The minimum absolute atomic E-state index is 0.240. The molecule has 0 aliphatic carbocycles. The molecule has 0 atom stereocenters. The number of oxime groups is 1. The number of benzene rings is 1. The topological polar surface area (TPSA) is 73.9 Å². The van der Waals surface area contributed by atoms with Crippen molar-refractivity contribution >= 4 is 23.7 Å². The highest BCUT2D eigenvalue weighted by atomic mass is 35.5. The second-order valence-electron chi connectivity index (χ2n) is 3.21. The molecule has 19 heavy (non-hydrogen) atoms. The Morgan fingerprint density at radius 1 is 1.47 bits per heavy atom. The molecule has 0 saturated carbocycles. The number of primary amides is 1. The van der Waals surface area contributed by atoms with Gasteiger partial charge in [-0.05, 0) is 23.8 Å². The van der Waals surface area contributed by atoms with Crippen molar-refractivity contribution < 1.29 is 27.5 Å². The maximum absolute atomic E-state index is 12.0. The first-order valence-electron chi connectivity index (χ1n) is 4.77. The normalized spacial score (nSPS) is 11.6. The number of alkyl halides is 3. The third kappa shape index (κ3) is 5.96. The van der Waals surface area contributed by atoms with Crippen LogP contribution in [0.4, 0.5) is 13.2 Å². The lowest BCUT2D eigenvalue weighted by Gasteiger charge is -2.10. The fourth-order valence-electron chi connectivity index (χ4n) is 1.00. The van der Waals surface area contributed by atoms with Gasteiger partial charge >= 0.3 is 6.36 Å². The molecule has 0 aliphatic rings. The summed E-state index contributed by atoms with van der Waals surface area (Å²) in [5.74, 6) is -1.23. The maximum Gasteiger partial charge on any atom is 0.573 e. The van der Waals surface area contributed by atoms with Gasteiger partial charge in [-0.2, -0.15) is 0 Å². The van der Waals surface area contributed by atoms with Gasteiger partial charge in [0.2, 0.25) is 0 Å². The van der Waals surface area contributed by atoms with Crippen LogP contribution in [0.3, 0.4) is 0 Å². The zero-order valence-corrected chi connectivity index (χ0v) is 10.0. The van der Waals surface area contributed by atoms with Crippen LogP contribution >= 0.6 is 11.6 Å². The molecule has 0 aliphatic heterocycles. The van der Waals surface area contributed by atoms with Gasteiger partial charge < -0.3 is 15.3 Å². The Labute approximate surface area is 110 Å². The summed E-state index contributed by atoms with van der Waals surface area (Å²) in [5.41, 5.74) is 5.16. The number of carbonyl (C=O) groups is 1. The summed E-state index contributed by atoms with van der Waals surface area (Å²) in [6.07, 6.45) is -3.66. The lowest BCUT2D eigenvalue weighted by atomic mass is 10.2. The summed E-state index contributed by atoms with van der Waals surface area (Å²) in [6.45, 7) is -0.403. The Morgan fingerprint density at radius 2 is 2.16 bits per heavy atom. The van der Waals surface area contributed by atoms with E-state index in [9.17, 15) is 18.0 Å². The first-order chi connectivity index (χ1) is 8.78. The van der Waals surface area contributed by atoms with Crippen LogP contribution in [-0.2, 0) is 9.63 Å². The molecule has 0 radical (unpaired) electrons. The fourth-order valence-corrected chi connectivity index (χ4v) is 1.23. The highest BCUT2D eigenvalue weighted by Gasteiger charge is 2.31. The zero-order chi connectivity index (χ0) is 14.5. The number of hydrogen-bond donors (Lipinski definition) is 1. The molecule has 0 unspecified atom stereocenters. The smallest absolute Gasteiger partial charge is 0.404 e. The van der Waals surface area contributed by atoms with Crippen LogP contribution in [0.2, 0.25) is 5.02 Å². The van der Waals surface area contributed by atoms with Crippen LogP contribution in [0.5, 0.6) is 5.75 Å². The molecule has 0 fully saturated rings. The minimum Gasteiger partial charge on any atom is -0.404 e. The van der Waals surface area contributed by atoms with Gasteiger partial charge in [-0.25, -0.2) is 0 Å². The second kappa shape index (κ2) is 6.28. The summed E-state index contributed by atoms with van der Waals surface area (Å²) < 4.78 is 39.6. The van der Waals surface area contributed by atoms with Crippen molar-refractivity contribution in [3.8, 4) is 5.75 Å². The Hall–Kier alpha value is -1.96. The third-order valence-corrected chi connectivity index (χ3v) is 1.96. The standard InChI is InChI=1S/C10H8ClF3N2O3/c11-7-3-6(4-16-18-5-9(15)17)1-2-8(7)19-10(12,13)14/h1-4H,5H2,(H2,15,17)/b16-4+. The molecule has 1 rings (SSSR count). The molecule has 5 nitrogen and oxygen atoms in total. The van der Waals surface area contributed by atoms with Crippen molar-refractivity contribution in [3.63, 3.8) is 0 Å². The minimum atomic E-state index is -4.82. The molecule has 0 heterocycles. The molecular formula is C10H8ClF3N2O3. The highest BCUT2D eigenvalue weighted by molar-refractivity contribution is 6.32. The van der Waals surface area contributed by atoms with Crippen LogP contribution in [0.15, 0.2) is 23.4 Å². The van der Waals surface area contributed by atoms with E-state index in [4.69, 9.17) is 17.3 Å². The van der Waals surface area contributed by atoms with E-state index in [0.717, 1.165) is 12.3 Å². The van der Waals surface area contributed by atoms with E-state index >= 15 is 0 Å². The van der Waals surface area contributed by atoms with Gasteiger partial charge in [0.25, 0.3) is 5.91 Å². The summed E-state index contributed by atoms with van der Waals surface area (Å²) in [4.78, 5) is 14.8. The summed E-state index contributed by atoms with van der Waals surface area (Å²) in [6, 6.07) is 3.51. The largest absolute Gasteiger partial charge is 0.573 e. The molecule has 0 bridgehead atoms. The van der Waals surface area contributed by atoms with Gasteiger partial charge in [-0.3, -0.25) is 4.79 Å². The number of rotatable bonds is 5. The Balaban J connectivity index is 2.69. The molecule has 0 aromatic heterocycles. The van der Waals surface area contributed by atoms with Gasteiger partial charge in [-0.1, -0.05) is 16.8 Å². The van der Waals surface area contributed by atoms with E-state index in [2.05, 4.69) is 14.7 Å². The molecule has 1 amide bonds. The summed E-state index contributed by atoms with van der Waals surface area (Å²) in [7, 11) is 0. The quantitative estimate of drug-likeness (QED) is 0.668. The number of hydrogen-bond acceptors (Lipinski definition) is 4. The van der Waals surface area contributed by atoms with Crippen LogP contribution in [-0.4, -0.2) is 25.1 Å². The number of nitrogens with zero attached hydrogens (tertiary/aromatic N) is 1. The van der Waals surface area contributed by atoms with E-state index in [1.807, 2.05) is 0 Å². The predicted molar refractivity (Wildman–Crippen MR) is 60.9 cm³/mol. The fraction of sp³-hybridized carbons (Fsp3) is 0.200. The summed E-state index contributed by atoms with van der Waals surface area (Å²) in [5, 5.41) is 3.14. The van der Waals surface area contributed by atoms with E-state index in [-0.39, 0.29) is 5.02 Å². The average molecular weight is 297 g/mol. The number of ether oxygens (including phenoxy) is 1. The average Bonchev–Trinajstić information content (AvgIpc) is 2.26. The van der Waals surface area contributed by atoms with E-state index in [1.165, 1.54) is 12.1 Å². The van der Waals surface area contributed by atoms with Crippen LogP contribution in [0, 0.1) is 0 Å². The van der Waals surface area contributed by atoms with Crippen molar-refractivity contribution in [2.45, 2.75) is 6.36 Å². The molecule has 1 aromatic carbocycles. The molecular weight excluding hydrogens is 289 g/mol. The molecule has 0 spiro atoms. The molecule has 2 N–H and O–H groups in total.